The van der Waals surface area contributed by atoms with Crippen LogP contribution in [0.25, 0.3) is 0 Å². The van der Waals surface area contributed by atoms with Crippen LogP contribution in [0.15, 0.2) is 59.5 Å². The number of sulfonamides is 1. The molecule has 0 aliphatic carbocycles. The fourth-order valence-corrected chi connectivity index (χ4v) is 4.99. The summed E-state index contributed by atoms with van der Waals surface area (Å²) in [5.41, 5.74) is 1.48. The first-order valence-corrected chi connectivity index (χ1v) is 12.3. The number of anilines is 2. The minimum Gasteiger partial charge on any atom is -0.462 e. The van der Waals surface area contributed by atoms with Crippen molar-refractivity contribution < 1.29 is 22.7 Å². The average molecular weight is 473 g/mol. The Hall–Kier alpha value is -3.17. The Kier molecular flexibility index (Phi) is 7.32. The lowest BCUT2D eigenvalue weighted by Crippen LogP contribution is -2.19. The SMILES string of the molecule is CCOC(=O)c1cc(CC)sc1NC(=O)c1ccccc1NS(=O)(=O)c1ccc(C)cc1. The molecule has 32 heavy (non-hydrogen) atoms. The fourth-order valence-electron chi connectivity index (χ4n) is 2.93. The Labute approximate surface area is 191 Å². The number of thiophene rings is 1. The van der Waals surface area contributed by atoms with Gasteiger partial charge >= 0.3 is 5.97 Å². The standard InChI is InChI=1S/C23H24N2O5S2/c1-4-16-14-19(23(27)30-5-2)22(31-16)24-21(26)18-8-6-7-9-20(18)25-32(28,29)17-12-10-15(3)11-13-17/h6-14,25H,4-5H2,1-3H3,(H,24,26). The number of carbonyl (C=O) groups excluding carboxylic acids is 2. The summed E-state index contributed by atoms with van der Waals surface area (Å²) in [5.74, 6) is -1.06. The first kappa shape index (κ1) is 23.5. The maximum absolute atomic E-state index is 13.0. The predicted molar refractivity (Wildman–Crippen MR) is 126 cm³/mol. The van der Waals surface area contributed by atoms with E-state index in [1.807, 2.05) is 13.8 Å². The quantitative estimate of drug-likeness (QED) is 0.457. The van der Waals surface area contributed by atoms with Gasteiger partial charge in [0, 0.05) is 4.88 Å². The van der Waals surface area contributed by atoms with Crippen LogP contribution in [0.1, 0.15) is 45.0 Å². The highest BCUT2D eigenvalue weighted by atomic mass is 32.2. The molecule has 2 aromatic carbocycles. The van der Waals surface area contributed by atoms with Crippen molar-refractivity contribution in [2.75, 3.05) is 16.6 Å². The van der Waals surface area contributed by atoms with Gasteiger partial charge in [0.2, 0.25) is 0 Å². The second-order valence-electron chi connectivity index (χ2n) is 6.95. The number of hydrogen-bond donors (Lipinski definition) is 2. The zero-order valence-corrected chi connectivity index (χ0v) is 19.6. The van der Waals surface area contributed by atoms with Crippen LogP contribution in [0.2, 0.25) is 0 Å². The Morgan fingerprint density at radius 3 is 2.34 bits per heavy atom. The van der Waals surface area contributed by atoms with Crippen molar-refractivity contribution in [3.63, 3.8) is 0 Å². The van der Waals surface area contributed by atoms with Crippen molar-refractivity contribution in [2.45, 2.75) is 32.1 Å². The molecule has 0 aliphatic rings. The molecule has 0 aliphatic heterocycles. The van der Waals surface area contributed by atoms with Crippen molar-refractivity contribution >= 4 is 43.9 Å². The van der Waals surface area contributed by atoms with Crippen molar-refractivity contribution in [3.05, 3.63) is 76.2 Å². The molecule has 0 atom stereocenters. The highest BCUT2D eigenvalue weighted by Gasteiger charge is 2.22. The molecule has 7 nitrogen and oxygen atoms in total. The van der Waals surface area contributed by atoms with Crippen LogP contribution in [0, 0.1) is 6.92 Å². The fraction of sp³-hybridized carbons (Fsp3) is 0.217. The van der Waals surface area contributed by atoms with Crippen molar-refractivity contribution in [1.82, 2.24) is 0 Å². The summed E-state index contributed by atoms with van der Waals surface area (Å²) in [6.07, 6.45) is 0.694. The van der Waals surface area contributed by atoms with E-state index in [-0.39, 0.29) is 28.3 Å². The lowest BCUT2D eigenvalue weighted by Gasteiger charge is -2.13. The molecule has 1 aromatic heterocycles. The molecule has 0 fully saturated rings. The van der Waals surface area contributed by atoms with Crippen molar-refractivity contribution in [3.8, 4) is 0 Å². The maximum atomic E-state index is 13.0. The Balaban J connectivity index is 1.89. The van der Waals surface area contributed by atoms with Gasteiger partial charge in [0.05, 0.1) is 28.3 Å². The number of para-hydroxylation sites is 1. The van der Waals surface area contributed by atoms with Gasteiger partial charge in [-0.3, -0.25) is 9.52 Å². The third-order valence-corrected chi connectivity index (χ3v) is 7.18. The second kappa shape index (κ2) is 9.97. The lowest BCUT2D eigenvalue weighted by molar-refractivity contribution is 0.0528. The molecule has 3 aromatic rings. The monoisotopic (exact) mass is 472 g/mol. The summed E-state index contributed by atoms with van der Waals surface area (Å²) < 4.78 is 33.2. The van der Waals surface area contributed by atoms with Gasteiger partial charge in [-0.1, -0.05) is 36.8 Å². The Morgan fingerprint density at radius 1 is 1.00 bits per heavy atom. The minimum absolute atomic E-state index is 0.0914. The van der Waals surface area contributed by atoms with Crippen LogP contribution in [0.5, 0.6) is 0 Å². The summed E-state index contributed by atoms with van der Waals surface area (Å²) in [5, 5.41) is 3.10. The lowest BCUT2D eigenvalue weighted by atomic mass is 10.1. The van der Waals surface area contributed by atoms with Gasteiger partial charge in [0.15, 0.2) is 0 Å². The van der Waals surface area contributed by atoms with E-state index >= 15 is 0 Å². The van der Waals surface area contributed by atoms with Crippen LogP contribution < -0.4 is 10.0 Å². The van der Waals surface area contributed by atoms with E-state index in [0.29, 0.717) is 11.4 Å². The number of aryl methyl sites for hydroxylation is 2. The van der Waals surface area contributed by atoms with Gasteiger partial charge in [-0.05, 0) is 50.6 Å². The Bertz CT molecular complexity index is 1230. The molecule has 0 saturated carbocycles. The molecule has 0 spiro atoms. The first-order chi connectivity index (χ1) is 15.2. The molecule has 3 rings (SSSR count). The van der Waals surface area contributed by atoms with Gasteiger partial charge < -0.3 is 10.1 Å². The van der Waals surface area contributed by atoms with E-state index < -0.39 is 21.9 Å². The number of carbonyl (C=O) groups is 2. The highest BCUT2D eigenvalue weighted by Crippen LogP contribution is 2.31. The number of benzene rings is 2. The van der Waals surface area contributed by atoms with Crippen LogP contribution in [-0.2, 0) is 21.2 Å². The number of amides is 1. The van der Waals surface area contributed by atoms with Crippen LogP contribution in [0.3, 0.4) is 0 Å². The zero-order chi connectivity index (χ0) is 23.3. The van der Waals surface area contributed by atoms with Gasteiger partial charge in [0.1, 0.15) is 5.00 Å². The molecule has 1 heterocycles. The molecule has 1 amide bonds. The summed E-state index contributed by atoms with van der Waals surface area (Å²) >= 11 is 1.28. The summed E-state index contributed by atoms with van der Waals surface area (Å²) in [6.45, 7) is 5.73. The van der Waals surface area contributed by atoms with E-state index in [1.165, 1.54) is 35.6 Å². The number of ether oxygens (including phenoxy) is 1. The van der Waals surface area contributed by atoms with Crippen molar-refractivity contribution in [2.24, 2.45) is 0 Å². The zero-order valence-electron chi connectivity index (χ0n) is 18.0. The van der Waals surface area contributed by atoms with E-state index in [2.05, 4.69) is 10.0 Å². The number of nitrogens with one attached hydrogen (secondary N) is 2. The molecule has 0 bridgehead atoms. The summed E-state index contributed by atoms with van der Waals surface area (Å²) in [6, 6.07) is 14.4. The molecular formula is C23H24N2O5S2. The summed E-state index contributed by atoms with van der Waals surface area (Å²) in [4.78, 5) is 26.3. The topological polar surface area (TPSA) is 102 Å². The molecule has 0 unspecified atom stereocenters. The highest BCUT2D eigenvalue weighted by molar-refractivity contribution is 7.92. The second-order valence-corrected chi connectivity index (χ2v) is 9.77. The third-order valence-electron chi connectivity index (χ3n) is 4.60. The van der Waals surface area contributed by atoms with Crippen LogP contribution >= 0.6 is 11.3 Å². The Morgan fingerprint density at radius 2 is 1.69 bits per heavy atom. The molecule has 9 heteroatoms. The average Bonchev–Trinajstić information content (AvgIpc) is 3.17. The number of hydrogen-bond acceptors (Lipinski definition) is 6. The minimum atomic E-state index is -3.89. The van der Waals surface area contributed by atoms with E-state index in [4.69, 9.17) is 4.74 Å². The van der Waals surface area contributed by atoms with Crippen LogP contribution in [-0.4, -0.2) is 26.9 Å². The van der Waals surface area contributed by atoms with Gasteiger partial charge in [-0.25, -0.2) is 13.2 Å². The van der Waals surface area contributed by atoms with Crippen LogP contribution in [0.4, 0.5) is 10.7 Å². The maximum Gasteiger partial charge on any atom is 0.341 e. The molecule has 168 valence electrons. The smallest absolute Gasteiger partial charge is 0.341 e. The third kappa shape index (κ3) is 5.35. The predicted octanol–water partition coefficient (Wildman–Crippen LogP) is 4.85. The van der Waals surface area contributed by atoms with E-state index in [1.54, 1.807) is 37.3 Å². The van der Waals surface area contributed by atoms with Gasteiger partial charge in [0.25, 0.3) is 15.9 Å². The molecule has 0 radical (unpaired) electrons. The number of rotatable bonds is 8. The van der Waals surface area contributed by atoms with Crippen molar-refractivity contribution in [1.29, 1.82) is 0 Å². The molecule has 0 saturated heterocycles. The first-order valence-electron chi connectivity index (χ1n) is 10.0. The van der Waals surface area contributed by atoms with Gasteiger partial charge in [-0.2, -0.15) is 0 Å². The summed E-state index contributed by atoms with van der Waals surface area (Å²) in [7, 11) is -3.89. The molecular weight excluding hydrogens is 448 g/mol. The van der Waals surface area contributed by atoms with Gasteiger partial charge in [-0.15, -0.1) is 11.3 Å². The number of esters is 1. The van der Waals surface area contributed by atoms with E-state index in [0.717, 1.165) is 10.4 Å². The van der Waals surface area contributed by atoms with E-state index in [9.17, 15) is 18.0 Å². The largest absolute Gasteiger partial charge is 0.462 e. The molecule has 2 N–H and O–H groups in total. The normalized spacial score (nSPS) is 11.1.